The first-order valence-electron chi connectivity index (χ1n) is 9.07. The average Bonchev–Trinajstić information content (AvgIpc) is 2.65. The van der Waals surface area contributed by atoms with E-state index >= 15 is 0 Å². The Kier molecular flexibility index (Phi) is 6.50. The molecule has 0 bridgehead atoms. The number of halogens is 1. The van der Waals surface area contributed by atoms with Crippen LogP contribution in [0, 0.1) is 11.8 Å². The predicted molar refractivity (Wildman–Crippen MR) is 110 cm³/mol. The van der Waals surface area contributed by atoms with Crippen LogP contribution in [0.4, 0.5) is 0 Å². The largest absolute Gasteiger partial charge is 0.310 e. The molecule has 1 fully saturated rings. The van der Waals surface area contributed by atoms with Crippen LogP contribution in [0.5, 0.6) is 0 Å². The highest BCUT2D eigenvalue weighted by Crippen LogP contribution is 2.19. The molecule has 0 unspecified atom stereocenters. The maximum absolute atomic E-state index is 3.47. The van der Waals surface area contributed by atoms with Gasteiger partial charge in [0, 0.05) is 10.0 Å². The van der Waals surface area contributed by atoms with Crippen molar-refractivity contribution in [1.82, 2.24) is 0 Å². The summed E-state index contributed by atoms with van der Waals surface area (Å²) in [6, 6.07) is 18.8. The zero-order valence-corrected chi connectivity index (χ0v) is 16.2. The number of piperidine rings is 1. The smallest absolute Gasteiger partial charge is 0.141 e. The molecule has 0 aromatic heterocycles. The number of benzene rings is 2. The molecule has 1 aliphatic heterocycles. The Bertz CT molecular complexity index is 744. The Labute approximate surface area is 160 Å². The van der Waals surface area contributed by atoms with Crippen molar-refractivity contribution in [2.75, 3.05) is 26.2 Å². The fraction of sp³-hybridized carbons (Fsp3) is 0.304. The standard InChI is InChI=1S/C23H25BrN/c24-23-15-13-22(14-16-23)12-8-20-25(17-5-2-6-18-25)19-7-11-21-9-3-1-4-10-21/h1,3-4,7,9-11,13-16H,2,5-6,17-20H2/q+1. The van der Waals surface area contributed by atoms with Crippen LogP contribution in [0.25, 0.3) is 6.08 Å². The van der Waals surface area contributed by atoms with Crippen LogP contribution in [0.1, 0.15) is 30.4 Å². The molecule has 0 atom stereocenters. The summed E-state index contributed by atoms with van der Waals surface area (Å²) < 4.78 is 2.20. The molecule has 0 radical (unpaired) electrons. The molecule has 1 nitrogen and oxygen atoms in total. The van der Waals surface area contributed by atoms with E-state index in [9.17, 15) is 0 Å². The van der Waals surface area contributed by atoms with Crippen molar-refractivity contribution >= 4 is 22.0 Å². The number of hydrogen-bond acceptors (Lipinski definition) is 0. The second-order valence-corrected chi connectivity index (χ2v) is 7.73. The molecule has 1 saturated heterocycles. The topological polar surface area (TPSA) is 0 Å². The van der Waals surface area contributed by atoms with Gasteiger partial charge in [0.05, 0.1) is 19.6 Å². The van der Waals surface area contributed by atoms with Crippen molar-refractivity contribution in [2.24, 2.45) is 0 Å². The molecule has 2 heteroatoms. The monoisotopic (exact) mass is 394 g/mol. The summed E-state index contributed by atoms with van der Waals surface area (Å²) in [6.45, 7) is 4.50. The van der Waals surface area contributed by atoms with Gasteiger partial charge in [-0.3, -0.25) is 0 Å². The maximum Gasteiger partial charge on any atom is 0.141 e. The van der Waals surface area contributed by atoms with E-state index in [1.807, 2.05) is 0 Å². The quantitative estimate of drug-likeness (QED) is 0.473. The van der Waals surface area contributed by atoms with Gasteiger partial charge in [-0.15, -0.1) is 0 Å². The summed E-state index contributed by atoms with van der Waals surface area (Å²) in [5.74, 6) is 6.79. The third-order valence-electron chi connectivity index (χ3n) is 4.86. The van der Waals surface area contributed by atoms with Crippen molar-refractivity contribution in [3.8, 4) is 11.8 Å². The van der Waals surface area contributed by atoms with Gasteiger partial charge in [-0.2, -0.15) is 0 Å². The summed E-state index contributed by atoms with van der Waals surface area (Å²) in [7, 11) is 0. The Morgan fingerprint density at radius 3 is 2.36 bits per heavy atom. The van der Waals surface area contributed by atoms with E-state index in [0.717, 1.165) is 27.6 Å². The molecule has 0 saturated carbocycles. The first-order chi connectivity index (χ1) is 12.3. The lowest BCUT2D eigenvalue weighted by atomic mass is 10.1. The van der Waals surface area contributed by atoms with Gasteiger partial charge >= 0.3 is 0 Å². The number of rotatable bonds is 4. The number of likely N-dealkylation sites (tertiary alicyclic amines) is 1. The lowest BCUT2D eigenvalue weighted by molar-refractivity contribution is -0.920. The molecule has 3 rings (SSSR count). The third-order valence-corrected chi connectivity index (χ3v) is 5.39. The fourth-order valence-electron chi connectivity index (χ4n) is 3.41. The van der Waals surface area contributed by atoms with Crippen LogP contribution in [0.15, 0.2) is 65.1 Å². The van der Waals surface area contributed by atoms with E-state index in [1.165, 1.54) is 37.9 Å². The molecule has 1 aliphatic rings. The Hall–Kier alpha value is -1.82. The lowest BCUT2D eigenvalue weighted by Crippen LogP contribution is -2.51. The summed E-state index contributed by atoms with van der Waals surface area (Å²) >= 11 is 3.47. The molecule has 2 aromatic rings. The van der Waals surface area contributed by atoms with Gasteiger partial charge < -0.3 is 4.48 Å². The molecule has 25 heavy (non-hydrogen) atoms. The van der Waals surface area contributed by atoms with Crippen molar-refractivity contribution < 1.29 is 4.48 Å². The van der Waals surface area contributed by atoms with Gasteiger partial charge in [-0.1, -0.05) is 58.3 Å². The summed E-state index contributed by atoms with van der Waals surface area (Å²) in [6.07, 6.45) is 8.58. The highest BCUT2D eigenvalue weighted by molar-refractivity contribution is 9.10. The van der Waals surface area contributed by atoms with Crippen LogP contribution in [0.2, 0.25) is 0 Å². The Balaban J connectivity index is 1.66. The highest BCUT2D eigenvalue weighted by atomic mass is 79.9. The van der Waals surface area contributed by atoms with E-state index in [1.54, 1.807) is 0 Å². The van der Waals surface area contributed by atoms with Crippen LogP contribution in [-0.4, -0.2) is 30.7 Å². The molecular formula is C23H25BrN+. The van der Waals surface area contributed by atoms with Crippen molar-refractivity contribution in [3.63, 3.8) is 0 Å². The zero-order chi connectivity index (χ0) is 17.4. The fourth-order valence-corrected chi connectivity index (χ4v) is 3.67. The molecule has 128 valence electrons. The van der Waals surface area contributed by atoms with Gasteiger partial charge in [0.2, 0.25) is 0 Å². The van der Waals surface area contributed by atoms with Gasteiger partial charge in [0.25, 0.3) is 0 Å². The zero-order valence-electron chi connectivity index (χ0n) is 14.6. The average molecular weight is 395 g/mol. The third kappa shape index (κ3) is 5.59. The Morgan fingerprint density at radius 1 is 0.920 bits per heavy atom. The molecule has 1 heterocycles. The molecule has 0 aliphatic carbocycles. The molecule has 0 N–H and O–H groups in total. The minimum Gasteiger partial charge on any atom is -0.310 e. The van der Waals surface area contributed by atoms with Crippen molar-refractivity contribution in [2.45, 2.75) is 19.3 Å². The maximum atomic E-state index is 3.47. The molecule has 0 amide bonds. The van der Waals surface area contributed by atoms with Gasteiger partial charge in [-0.25, -0.2) is 0 Å². The number of quaternary nitrogens is 1. The molecular weight excluding hydrogens is 370 g/mol. The normalized spacial score (nSPS) is 16.4. The van der Waals surface area contributed by atoms with Crippen LogP contribution < -0.4 is 0 Å². The first kappa shape index (κ1) is 18.0. The van der Waals surface area contributed by atoms with E-state index in [0.29, 0.717) is 0 Å². The Morgan fingerprint density at radius 2 is 1.64 bits per heavy atom. The van der Waals surface area contributed by atoms with Crippen LogP contribution in [-0.2, 0) is 0 Å². The van der Waals surface area contributed by atoms with Crippen LogP contribution in [0.3, 0.4) is 0 Å². The predicted octanol–water partition coefficient (Wildman–Crippen LogP) is 5.51. The van der Waals surface area contributed by atoms with Gasteiger partial charge in [0.1, 0.15) is 6.54 Å². The van der Waals surface area contributed by atoms with Gasteiger partial charge in [0.15, 0.2) is 0 Å². The summed E-state index contributed by atoms with van der Waals surface area (Å²) in [5.41, 5.74) is 2.37. The number of nitrogens with zero attached hydrogens (tertiary/aromatic N) is 1. The van der Waals surface area contributed by atoms with Crippen molar-refractivity contribution in [1.29, 1.82) is 0 Å². The second-order valence-electron chi connectivity index (χ2n) is 6.81. The molecule has 0 spiro atoms. The molecule has 2 aromatic carbocycles. The van der Waals surface area contributed by atoms with Crippen molar-refractivity contribution in [3.05, 3.63) is 76.3 Å². The van der Waals surface area contributed by atoms with E-state index < -0.39 is 0 Å². The highest BCUT2D eigenvalue weighted by Gasteiger charge is 2.27. The second kappa shape index (κ2) is 9.04. The minimum atomic E-state index is 0.940. The van der Waals surface area contributed by atoms with E-state index in [2.05, 4.69) is 94.5 Å². The van der Waals surface area contributed by atoms with Crippen LogP contribution >= 0.6 is 15.9 Å². The lowest BCUT2D eigenvalue weighted by Gasteiger charge is -2.39. The summed E-state index contributed by atoms with van der Waals surface area (Å²) in [4.78, 5) is 0. The van der Waals surface area contributed by atoms with Gasteiger partial charge in [-0.05, 0) is 61.1 Å². The van der Waals surface area contributed by atoms with E-state index in [-0.39, 0.29) is 0 Å². The summed E-state index contributed by atoms with van der Waals surface area (Å²) in [5, 5.41) is 0. The van der Waals surface area contributed by atoms with E-state index in [4.69, 9.17) is 0 Å². The first-order valence-corrected chi connectivity index (χ1v) is 9.86. The number of hydrogen-bond donors (Lipinski definition) is 0. The minimum absolute atomic E-state index is 0.940. The SMILES string of the molecule is Brc1ccc(C#CC[N+]2(CC=Cc3ccccc3)CCCCC2)cc1.